The van der Waals surface area contributed by atoms with Gasteiger partial charge in [0.2, 0.25) is 0 Å². The molecule has 13 rings (SSSR count). The molecule has 4 nitrogen and oxygen atoms in total. The number of aromatic nitrogens is 3. The number of hydrogen-bond acceptors (Lipinski definition) is 4. The maximum absolute atomic E-state index is 5.07. The van der Waals surface area contributed by atoms with Crippen LogP contribution >= 0.6 is 0 Å². The zero-order valence-corrected chi connectivity index (χ0v) is 37.0. The minimum atomic E-state index is -0.462. The maximum atomic E-state index is 5.07. The van der Waals surface area contributed by atoms with E-state index < -0.39 is 5.41 Å². The topological polar surface area (TPSA) is 41.9 Å². The molecule has 0 saturated carbocycles. The molecule has 2 aliphatic rings. The standard InChI is InChI=1S/C64H42N4/c1-4-19-43(20-5-1)44-37-39-50(40-38-44)68(59-36-18-35-58-60(59)54-31-12-15-34-57(54)64(58)55-32-13-10-29-52(55)53-30-11-14-33-56(53)64)51-28-17-26-48(42-51)47-25-16-27-49(41-47)63-66-61(45-21-6-2-7-22-45)65-62(67-63)46-23-8-3-9-24-46/h1-42H. The quantitative estimate of drug-likeness (QED) is 0.153. The Bertz CT molecular complexity index is 3570. The minimum absolute atomic E-state index is 0.462. The third-order valence-electron chi connectivity index (χ3n) is 13.7. The third kappa shape index (κ3) is 6.34. The summed E-state index contributed by atoms with van der Waals surface area (Å²) in [6.07, 6.45) is 0. The lowest BCUT2D eigenvalue weighted by Crippen LogP contribution is -2.26. The molecule has 4 heteroatoms. The highest BCUT2D eigenvalue weighted by molar-refractivity contribution is 6.01. The van der Waals surface area contributed by atoms with Gasteiger partial charge >= 0.3 is 0 Å². The van der Waals surface area contributed by atoms with Crippen LogP contribution in [0.3, 0.4) is 0 Å². The van der Waals surface area contributed by atoms with Crippen LogP contribution < -0.4 is 4.90 Å². The molecule has 0 radical (unpaired) electrons. The van der Waals surface area contributed by atoms with Crippen LogP contribution in [0.25, 0.3) is 78.7 Å². The molecule has 0 saturated heterocycles. The highest BCUT2D eigenvalue weighted by atomic mass is 15.1. The highest BCUT2D eigenvalue weighted by Gasteiger charge is 2.52. The molecule has 1 heterocycles. The predicted molar refractivity (Wildman–Crippen MR) is 278 cm³/mol. The van der Waals surface area contributed by atoms with Crippen LogP contribution in [0.1, 0.15) is 22.3 Å². The van der Waals surface area contributed by atoms with Gasteiger partial charge in [0.15, 0.2) is 17.5 Å². The molecule has 0 atom stereocenters. The van der Waals surface area contributed by atoms with Crippen LogP contribution in [0.2, 0.25) is 0 Å². The molecular formula is C64H42N4. The Morgan fingerprint density at radius 1 is 0.265 bits per heavy atom. The summed E-state index contributed by atoms with van der Waals surface area (Å²) in [4.78, 5) is 17.5. The predicted octanol–water partition coefficient (Wildman–Crippen LogP) is 16.0. The zero-order valence-electron chi connectivity index (χ0n) is 37.0. The average Bonchev–Trinajstić information content (AvgIpc) is 3.90. The number of nitrogens with zero attached hydrogens (tertiary/aromatic N) is 4. The van der Waals surface area contributed by atoms with E-state index in [1.807, 2.05) is 60.7 Å². The van der Waals surface area contributed by atoms with E-state index in [2.05, 4.69) is 199 Å². The van der Waals surface area contributed by atoms with Gasteiger partial charge in [0, 0.05) is 33.6 Å². The Morgan fingerprint density at radius 2 is 0.676 bits per heavy atom. The first-order chi connectivity index (χ1) is 33.7. The summed E-state index contributed by atoms with van der Waals surface area (Å²) in [5, 5.41) is 0. The number of rotatable bonds is 8. The molecule has 1 aromatic heterocycles. The molecule has 0 aliphatic heterocycles. The van der Waals surface area contributed by atoms with Gasteiger partial charge in [-0.15, -0.1) is 0 Å². The Kier molecular flexibility index (Phi) is 9.36. The van der Waals surface area contributed by atoms with E-state index in [0.29, 0.717) is 17.5 Å². The molecule has 1 spiro atoms. The first-order valence-corrected chi connectivity index (χ1v) is 23.2. The van der Waals surface area contributed by atoms with Crippen molar-refractivity contribution in [1.82, 2.24) is 15.0 Å². The smallest absolute Gasteiger partial charge is 0.164 e. The van der Waals surface area contributed by atoms with Crippen LogP contribution in [0.4, 0.5) is 17.1 Å². The minimum Gasteiger partial charge on any atom is -0.310 e. The Labute approximate surface area is 396 Å². The van der Waals surface area contributed by atoms with Crippen molar-refractivity contribution in [2.45, 2.75) is 5.41 Å². The van der Waals surface area contributed by atoms with Crippen molar-refractivity contribution in [3.63, 3.8) is 0 Å². The summed E-state index contributed by atoms with van der Waals surface area (Å²) in [6, 6.07) is 91.4. The van der Waals surface area contributed by atoms with Crippen LogP contribution in [-0.2, 0) is 5.41 Å². The molecule has 68 heavy (non-hydrogen) atoms. The number of fused-ring (bicyclic) bond motifs is 10. The van der Waals surface area contributed by atoms with E-state index in [-0.39, 0.29) is 0 Å². The Hall–Kier alpha value is -8.99. The van der Waals surface area contributed by atoms with Crippen molar-refractivity contribution in [3.05, 3.63) is 277 Å². The van der Waals surface area contributed by atoms with Gasteiger partial charge in [0.25, 0.3) is 0 Å². The molecule has 10 aromatic carbocycles. The second-order valence-electron chi connectivity index (χ2n) is 17.5. The number of hydrogen-bond donors (Lipinski definition) is 0. The first kappa shape index (κ1) is 39.4. The van der Waals surface area contributed by atoms with Gasteiger partial charge < -0.3 is 4.90 Å². The van der Waals surface area contributed by atoms with Gasteiger partial charge in [0.05, 0.1) is 11.1 Å². The molecule has 0 amide bonds. The molecule has 0 N–H and O–H groups in total. The van der Waals surface area contributed by atoms with Gasteiger partial charge in [0.1, 0.15) is 0 Å². The largest absolute Gasteiger partial charge is 0.310 e. The fourth-order valence-electron chi connectivity index (χ4n) is 10.8. The highest BCUT2D eigenvalue weighted by Crippen LogP contribution is 2.64. The molecule has 318 valence electrons. The average molecular weight is 867 g/mol. The molecule has 0 unspecified atom stereocenters. The molecule has 0 bridgehead atoms. The SMILES string of the molecule is c1ccc(-c2ccc(N(c3cccc(-c4cccc(-c5nc(-c6ccccc6)nc(-c6ccccc6)n5)c4)c3)c3cccc4c3-c3ccccc3C43c4ccccc4-c4ccccc43)cc2)cc1. The van der Waals surface area contributed by atoms with Gasteiger partial charge in [-0.05, 0) is 97.6 Å². The lowest BCUT2D eigenvalue weighted by atomic mass is 9.70. The van der Waals surface area contributed by atoms with Crippen molar-refractivity contribution in [1.29, 1.82) is 0 Å². The normalized spacial score (nSPS) is 12.5. The Morgan fingerprint density at radius 3 is 1.28 bits per heavy atom. The second-order valence-corrected chi connectivity index (χ2v) is 17.5. The van der Waals surface area contributed by atoms with Gasteiger partial charge in [-0.1, -0.05) is 218 Å². The van der Waals surface area contributed by atoms with Gasteiger partial charge in [-0.3, -0.25) is 0 Å². The molecule has 2 aliphatic carbocycles. The van der Waals surface area contributed by atoms with Gasteiger partial charge in [-0.25, -0.2) is 15.0 Å². The van der Waals surface area contributed by atoms with Crippen LogP contribution in [0, 0.1) is 0 Å². The van der Waals surface area contributed by atoms with Crippen LogP contribution in [-0.4, -0.2) is 15.0 Å². The molecular weight excluding hydrogens is 825 g/mol. The summed E-state index contributed by atoms with van der Waals surface area (Å²) < 4.78 is 0. The first-order valence-electron chi connectivity index (χ1n) is 23.2. The van der Waals surface area contributed by atoms with Gasteiger partial charge in [-0.2, -0.15) is 0 Å². The fraction of sp³-hybridized carbons (Fsp3) is 0.0156. The second kappa shape index (κ2) is 16.2. The lowest BCUT2D eigenvalue weighted by Gasteiger charge is -2.32. The van der Waals surface area contributed by atoms with Crippen molar-refractivity contribution in [2.24, 2.45) is 0 Å². The third-order valence-corrected chi connectivity index (χ3v) is 13.7. The van der Waals surface area contributed by atoms with E-state index in [1.54, 1.807) is 0 Å². The summed E-state index contributed by atoms with van der Waals surface area (Å²) in [5.74, 6) is 1.90. The number of anilines is 3. The van der Waals surface area contributed by atoms with Crippen molar-refractivity contribution in [3.8, 4) is 78.7 Å². The maximum Gasteiger partial charge on any atom is 0.164 e. The summed E-state index contributed by atoms with van der Waals surface area (Å²) >= 11 is 0. The van der Waals surface area contributed by atoms with E-state index in [1.165, 1.54) is 55.6 Å². The molecule has 0 fully saturated rings. The summed E-state index contributed by atoms with van der Waals surface area (Å²) in [7, 11) is 0. The molecule has 11 aromatic rings. The summed E-state index contributed by atoms with van der Waals surface area (Å²) in [5.41, 5.74) is 20.4. The van der Waals surface area contributed by atoms with E-state index >= 15 is 0 Å². The van der Waals surface area contributed by atoms with E-state index in [9.17, 15) is 0 Å². The van der Waals surface area contributed by atoms with E-state index in [4.69, 9.17) is 15.0 Å². The Balaban J connectivity index is 0.983. The van der Waals surface area contributed by atoms with Crippen molar-refractivity contribution < 1.29 is 0 Å². The van der Waals surface area contributed by atoms with Crippen LogP contribution in [0.5, 0.6) is 0 Å². The zero-order chi connectivity index (χ0) is 45.0. The van der Waals surface area contributed by atoms with Crippen molar-refractivity contribution >= 4 is 17.1 Å². The van der Waals surface area contributed by atoms with Crippen molar-refractivity contribution in [2.75, 3.05) is 4.90 Å². The van der Waals surface area contributed by atoms with Crippen LogP contribution in [0.15, 0.2) is 255 Å². The lowest BCUT2D eigenvalue weighted by molar-refractivity contribution is 0.794. The van der Waals surface area contributed by atoms with E-state index in [0.717, 1.165) is 44.9 Å². The summed E-state index contributed by atoms with van der Waals surface area (Å²) in [6.45, 7) is 0. The number of benzene rings is 10. The fourth-order valence-corrected chi connectivity index (χ4v) is 10.8. The monoisotopic (exact) mass is 866 g/mol.